The van der Waals surface area contributed by atoms with Gasteiger partial charge in [0.1, 0.15) is 0 Å². The van der Waals surface area contributed by atoms with Crippen molar-refractivity contribution in [3.05, 3.63) is 71.7 Å². The van der Waals surface area contributed by atoms with Gasteiger partial charge < -0.3 is 31.1 Å². The van der Waals surface area contributed by atoms with E-state index >= 15 is 0 Å². The maximum atomic E-state index is 14.8. The fourth-order valence-corrected chi connectivity index (χ4v) is 5.38. The van der Waals surface area contributed by atoms with Crippen LogP contribution in [0.25, 0.3) is 16.9 Å². The fourth-order valence-electron chi connectivity index (χ4n) is 5.38. The predicted molar refractivity (Wildman–Crippen MR) is 154 cm³/mol. The number of rotatable bonds is 9. The van der Waals surface area contributed by atoms with Crippen LogP contribution in [-0.2, 0) is 11.2 Å². The van der Waals surface area contributed by atoms with E-state index in [-0.39, 0.29) is 35.2 Å². The number of benzene rings is 2. The smallest absolute Gasteiger partial charge is 0.251 e. The van der Waals surface area contributed by atoms with Crippen molar-refractivity contribution in [2.45, 2.75) is 50.4 Å². The second kappa shape index (κ2) is 11.6. The SMILES string of the molecule is CCc1cc(Nc2nccn3c(-c4ccc(OC)c(F)c4F)cnc23)ccc1C(=O)NC1CC1NC(=O)[C@@H]1C[C@@H](O)CN1. The Morgan fingerprint density at radius 2 is 1.93 bits per heavy atom. The number of carbonyl (C=O) groups excluding carboxylic acids is 2. The molecule has 5 N–H and O–H groups in total. The van der Waals surface area contributed by atoms with E-state index < -0.39 is 23.8 Å². The molecule has 2 aliphatic rings. The second-order valence-corrected chi connectivity index (χ2v) is 10.7. The first-order valence-electron chi connectivity index (χ1n) is 14.0. The van der Waals surface area contributed by atoms with Crippen LogP contribution in [0.15, 0.2) is 48.9 Å². The van der Waals surface area contributed by atoms with E-state index in [9.17, 15) is 23.5 Å². The summed E-state index contributed by atoms with van der Waals surface area (Å²) in [6.07, 6.45) is 5.66. The van der Waals surface area contributed by atoms with E-state index in [4.69, 9.17) is 4.74 Å². The Hall–Kier alpha value is -4.62. The highest BCUT2D eigenvalue weighted by Crippen LogP contribution is 2.32. The molecule has 1 saturated heterocycles. The minimum atomic E-state index is -1.08. The van der Waals surface area contributed by atoms with Crippen LogP contribution >= 0.6 is 0 Å². The number of aliphatic hydroxyl groups excluding tert-OH is 1. The molecule has 2 fully saturated rings. The van der Waals surface area contributed by atoms with Gasteiger partial charge in [-0.1, -0.05) is 6.92 Å². The number of nitrogens with zero attached hydrogens (tertiary/aromatic N) is 3. The lowest BCUT2D eigenvalue weighted by molar-refractivity contribution is -0.123. The lowest BCUT2D eigenvalue weighted by Crippen LogP contribution is -2.43. The molecular weight excluding hydrogens is 560 g/mol. The number of anilines is 2. The molecule has 224 valence electrons. The molecule has 1 aliphatic heterocycles. The van der Waals surface area contributed by atoms with E-state index in [1.165, 1.54) is 31.6 Å². The number of hydrogen-bond acceptors (Lipinski definition) is 8. The molecule has 4 atom stereocenters. The number of methoxy groups -OCH3 is 1. The number of aromatic nitrogens is 3. The summed E-state index contributed by atoms with van der Waals surface area (Å²) in [5.74, 6) is -2.32. The third-order valence-corrected chi connectivity index (χ3v) is 7.82. The second-order valence-electron chi connectivity index (χ2n) is 10.7. The van der Waals surface area contributed by atoms with E-state index in [0.29, 0.717) is 54.2 Å². The van der Waals surface area contributed by atoms with Crippen LogP contribution in [0.1, 0.15) is 35.7 Å². The zero-order valence-electron chi connectivity index (χ0n) is 23.5. The zero-order valence-corrected chi connectivity index (χ0v) is 23.5. The molecule has 0 spiro atoms. The van der Waals surface area contributed by atoms with Crippen molar-refractivity contribution in [3.63, 3.8) is 0 Å². The summed E-state index contributed by atoms with van der Waals surface area (Å²) in [6.45, 7) is 2.34. The first kappa shape index (κ1) is 28.5. The predicted octanol–water partition coefficient (Wildman–Crippen LogP) is 2.70. The van der Waals surface area contributed by atoms with E-state index in [1.807, 2.05) is 13.0 Å². The van der Waals surface area contributed by atoms with E-state index in [1.54, 1.807) is 22.7 Å². The fraction of sp³-hybridized carbons (Fsp3) is 0.333. The standard InChI is InChI=1S/C30H31F2N7O4/c1-3-15-10-16(4-5-18(15)29(41)37-20-12-21(20)38-30(42)22-11-17(40)13-34-22)36-27-28-35-14-23(39(28)9-8-33-27)19-6-7-24(43-2)26(32)25(19)31/h4-10,14,17,20-22,34,40H,3,11-13H2,1-2H3,(H,33,36)(H,37,41)(H,38,42)/t17-,20?,21?,22+/m1/s1. The van der Waals surface area contributed by atoms with Gasteiger partial charge in [-0.15, -0.1) is 0 Å². The number of aryl methyl sites for hydroxylation is 1. The van der Waals surface area contributed by atoms with Gasteiger partial charge in [-0.3, -0.25) is 14.0 Å². The van der Waals surface area contributed by atoms with Crippen molar-refractivity contribution in [1.82, 2.24) is 30.3 Å². The van der Waals surface area contributed by atoms with Crippen molar-refractivity contribution >= 4 is 29.0 Å². The number of amides is 2. The largest absolute Gasteiger partial charge is 0.494 e. The average Bonchev–Trinajstić information content (AvgIpc) is 3.35. The lowest BCUT2D eigenvalue weighted by atomic mass is 10.0. The minimum Gasteiger partial charge on any atom is -0.494 e. The molecule has 13 heteroatoms. The number of imidazole rings is 1. The summed E-state index contributed by atoms with van der Waals surface area (Å²) in [7, 11) is 1.27. The molecule has 2 aromatic heterocycles. The van der Waals surface area contributed by atoms with Gasteiger partial charge in [0.15, 0.2) is 23.0 Å². The Morgan fingerprint density at radius 1 is 1.12 bits per heavy atom. The van der Waals surface area contributed by atoms with Crippen LogP contribution < -0.4 is 26.0 Å². The maximum Gasteiger partial charge on any atom is 0.251 e. The molecule has 0 radical (unpaired) electrons. The highest BCUT2D eigenvalue weighted by atomic mass is 19.2. The summed E-state index contributed by atoms with van der Waals surface area (Å²) in [4.78, 5) is 34.3. The van der Waals surface area contributed by atoms with Crippen LogP contribution in [0.5, 0.6) is 5.75 Å². The maximum absolute atomic E-state index is 14.8. The van der Waals surface area contributed by atoms with Gasteiger partial charge >= 0.3 is 0 Å². The van der Waals surface area contributed by atoms with Crippen LogP contribution in [-0.4, -0.2) is 69.2 Å². The Kier molecular flexibility index (Phi) is 7.67. The number of β-amino-alcohol motifs (C(OH)–C–C–N with tert-alkyl or cyclic N) is 1. The van der Waals surface area contributed by atoms with Gasteiger partial charge in [-0.05, 0) is 55.2 Å². The number of fused-ring (bicyclic) bond motifs is 1. The van der Waals surface area contributed by atoms with Crippen LogP contribution in [0.2, 0.25) is 0 Å². The van der Waals surface area contributed by atoms with Crippen molar-refractivity contribution in [2.24, 2.45) is 0 Å². The van der Waals surface area contributed by atoms with E-state index in [2.05, 4.69) is 31.2 Å². The highest BCUT2D eigenvalue weighted by molar-refractivity contribution is 5.97. The number of ether oxygens (including phenoxy) is 1. The molecule has 3 heterocycles. The molecule has 11 nitrogen and oxygen atoms in total. The molecule has 2 aromatic carbocycles. The first-order valence-corrected chi connectivity index (χ1v) is 14.0. The van der Waals surface area contributed by atoms with Crippen molar-refractivity contribution in [1.29, 1.82) is 0 Å². The van der Waals surface area contributed by atoms with Crippen molar-refractivity contribution in [3.8, 4) is 17.0 Å². The summed E-state index contributed by atoms with van der Waals surface area (Å²) in [5.41, 5.74) is 2.77. The Bertz CT molecular complexity index is 1710. The molecule has 2 amide bonds. The summed E-state index contributed by atoms with van der Waals surface area (Å²) in [6, 6.07) is 7.40. The normalized spacial score (nSPS) is 21.0. The molecule has 2 unspecified atom stereocenters. The van der Waals surface area contributed by atoms with Crippen molar-refractivity contribution < 1.29 is 28.2 Å². The van der Waals surface area contributed by atoms with Crippen LogP contribution in [0.3, 0.4) is 0 Å². The molecule has 43 heavy (non-hydrogen) atoms. The number of carbonyl (C=O) groups is 2. The molecule has 4 aromatic rings. The average molecular weight is 592 g/mol. The lowest BCUT2D eigenvalue weighted by Gasteiger charge is -2.14. The van der Waals surface area contributed by atoms with Gasteiger partial charge in [0, 0.05) is 35.8 Å². The Morgan fingerprint density at radius 3 is 2.67 bits per heavy atom. The van der Waals surface area contributed by atoms with Gasteiger partial charge in [0.25, 0.3) is 5.91 Å². The van der Waals surface area contributed by atoms with Gasteiger partial charge in [0.05, 0.1) is 43.2 Å². The third-order valence-electron chi connectivity index (χ3n) is 7.82. The monoisotopic (exact) mass is 591 g/mol. The third kappa shape index (κ3) is 5.60. The Balaban J connectivity index is 1.15. The quantitative estimate of drug-likeness (QED) is 0.200. The van der Waals surface area contributed by atoms with E-state index in [0.717, 1.165) is 5.56 Å². The molecule has 6 rings (SSSR count). The molecule has 1 saturated carbocycles. The zero-order chi connectivity index (χ0) is 30.2. The number of aliphatic hydroxyl groups is 1. The highest BCUT2D eigenvalue weighted by Gasteiger charge is 2.41. The molecule has 1 aliphatic carbocycles. The number of hydrogen-bond donors (Lipinski definition) is 5. The van der Waals surface area contributed by atoms with Crippen LogP contribution in [0, 0.1) is 11.6 Å². The Labute approximate surface area is 245 Å². The number of nitrogens with one attached hydrogen (secondary N) is 4. The summed E-state index contributed by atoms with van der Waals surface area (Å²) in [5, 5.41) is 21.8. The summed E-state index contributed by atoms with van der Waals surface area (Å²) < 4.78 is 35.7. The van der Waals surface area contributed by atoms with Crippen LogP contribution in [0.4, 0.5) is 20.3 Å². The van der Waals surface area contributed by atoms with Gasteiger partial charge in [0.2, 0.25) is 11.7 Å². The van der Waals surface area contributed by atoms with Crippen molar-refractivity contribution in [2.75, 3.05) is 19.0 Å². The topological polar surface area (TPSA) is 142 Å². The number of halogens is 2. The van der Waals surface area contributed by atoms with Gasteiger partial charge in [-0.2, -0.15) is 4.39 Å². The van der Waals surface area contributed by atoms with Gasteiger partial charge in [-0.25, -0.2) is 14.4 Å². The minimum absolute atomic E-state index is 0.0260. The molecular formula is C30H31F2N7O4. The first-order chi connectivity index (χ1) is 20.8. The molecule has 0 bridgehead atoms. The summed E-state index contributed by atoms with van der Waals surface area (Å²) >= 11 is 0.